The van der Waals surface area contributed by atoms with Gasteiger partial charge in [0.15, 0.2) is 0 Å². The van der Waals surface area contributed by atoms with Crippen LogP contribution >= 0.6 is 0 Å². The van der Waals surface area contributed by atoms with Crippen LogP contribution in [0.5, 0.6) is 5.75 Å². The molecule has 2 heterocycles. The lowest BCUT2D eigenvalue weighted by Gasteiger charge is -2.36. The minimum absolute atomic E-state index is 0.00548. The van der Waals surface area contributed by atoms with E-state index in [-0.39, 0.29) is 43.4 Å². The van der Waals surface area contributed by atoms with Crippen molar-refractivity contribution in [1.82, 2.24) is 9.80 Å². The molecule has 2 aliphatic rings. The number of morpholine rings is 1. The summed E-state index contributed by atoms with van der Waals surface area (Å²) in [4.78, 5) is 38.6. The number of ether oxygens (including phenoxy) is 2. The molecule has 0 bridgehead atoms. The largest absolute Gasteiger partial charge is 0.497 e. The van der Waals surface area contributed by atoms with Crippen LogP contribution in [0.3, 0.4) is 0 Å². The molecule has 8 heteroatoms. The van der Waals surface area contributed by atoms with Crippen LogP contribution in [0.25, 0.3) is 0 Å². The van der Waals surface area contributed by atoms with E-state index in [1.807, 2.05) is 24.3 Å². The van der Waals surface area contributed by atoms with E-state index >= 15 is 0 Å². The monoisotopic (exact) mass is 362 g/mol. The normalized spacial score (nSPS) is 22.3. The Balaban J connectivity index is 1.67. The number of fused-ring (bicyclic) bond motifs is 1. The van der Waals surface area contributed by atoms with E-state index in [0.717, 1.165) is 11.3 Å². The Bertz CT molecular complexity index is 689. The van der Waals surface area contributed by atoms with Crippen LogP contribution in [0.15, 0.2) is 24.3 Å². The number of hydrogen-bond donors (Lipinski definition) is 1. The summed E-state index contributed by atoms with van der Waals surface area (Å²) in [5.74, 6) is -0.581. The van der Waals surface area contributed by atoms with Gasteiger partial charge in [-0.25, -0.2) is 0 Å². The number of rotatable bonds is 6. The Morgan fingerprint density at radius 3 is 2.62 bits per heavy atom. The summed E-state index contributed by atoms with van der Waals surface area (Å²) in [5.41, 5.74) is 0.968. The molecule has 2 atom stereocenters. The molecule has 3 rings (SSSR count). The third-order valence-corrected chi connectivity index (χ3v) is 4.80. The molecule has 26 heavy (non-hydrogen) atoms. The lowest BCUT2D eigenvalue weighted by Crippen LogP contribution is -2.53. The number of aliphatic carboxylic acids is 1. The zero-order valence-electron chi connectivity index (χ0n) is 14.6. The second-order valence-electron chi connectivity index (χ2n) is 6.48. The Morgan fingerprint density at radius 2 is 1.96 bits per heavy atom. The number of carboxylic acid groups (broad SMARTS) is 1. The second-order valence-corrected chi connectivity index (χ2v) is 6.48. The maximum atomic E-state index is 12.4. The van der Waals surface area contributed by atoms with Crippen molar-refractivity contribution in [3.8, 4) is 5.75 Å². The number of amides is 2. The molecular weight excluding hydrogens is 340 g/mol. The first kappa shape index (κ1) is 18.2. The van der Waals surface area contributed by atoms with Gasteiger partial charge in [-0.2, -0.15) is 0 Å². The van der Waals surface area contributed by atoms with Crippen molar-refractivity contribution in [2.75, 3.05) is 26.8 Å². The summed E-state index contributed by atoms with van der Waals surface area (Å²) in [6.07, 6.45) is -0.471. The summed E-state index contributed by atoms with van der Waals surface area (Å²) >= 11 is 0. The Labute approximate surface area is 151 Å². The van der Waals surface area contributed by atoms with Gasteiger partial charge in [0.1, 0.15) is 12.4 Å². The number of carboxylic acids is 1. The molecule has 2 saturated heterocycles. The first-order valence-corrected chi connectivity index (χ1v) is 8.51. The maximum absolute atomic E-state index is 12.4. The predicted octanol–water partition coefficient (Wildman–Crippen LogP) is 0.498. The first-order chi connectivity index (χ1) is 12.5. The summed E-state index contributed by atoms with van der Waals surface area (Å²) in [6, 6.07) is 7.28. The van der Waals surface area contributed by atoms with Crippen molar-refractivity contribution in [3.05, 3.63) is 29.8 Å². The van der Waals surface area contributed by atoms with Gasteiger partial charge in [0.2, 0.25) is 11.8 Å². The van der Waals surface area contributed by atoms with Gasteiger partial charge in [-0.1, -0.05) is 12.1 Å². The van der Waals surface area contributed by atoms with Crippen molar-refractivity contribution in [2.24, 2.45) is 0 Å². The number of carbonyl (C=O) groups excluding carboxylic acids is 2. The van der Waals surface area contributed by atoms with Gasteiger partial charge in [-0.05, 0) is 17.7 Å². The zero-order chi connectivity index (χ0) is 18.7. The summed E-state index contributed by atoms with van der Waals surface area (Å²) in [6.45, 7) is 1.18. The predicted molar refractivity (Wildman–Crippen MR) is 90.5 cm³/mol. The highest BCUT2D eigenvalue weighted by molar-refractivity contribution is 5.82. The van der Waals surface area contributed by atoms with Crippen LogP contribution in [0, 0.1) is 0 Å². The highest BCUT2D eigenvalue weighted by Gasteiger charge is 2.44. The minimum Gasteiger partial charge on any atom is -0.497 e. The fourth-order valence-corrected chi connectivity index (χ4v) is 3.37. The molecule has 0 spiro atoms. The molecule has 0 radical (unpaired) electrons. The molecule has 2 aliphatic heterocycles. The zero-order valence-corrected chi connectivity index (χ0v) is 14.6. The third kappa shape index (κ3) is 3.96. The highest BCUT2D eigenvalue weighted by atomic mass is 16.5. The van der Waals surface area contributed by atoms with Gasteiger partial charge < -0.3 is 24.4 Å². The van der Waals surface area contributed by atoms with Crippen molar-refractivity contribution in [2.45, 2.75) is 31.5 Å². The van der Waals surface area contributed by atoms with Crippen LogP contribution in [-0.2, 0) is 25.7 Å². The lowest BCUT2D eigenvalue weighted by atomic mass is 10.1. The molecule has 2 fully saturated rings. The minimum atomic E-state index is -0.998. The van der Waals surface area contributed by atoms with Crippen LogP contribution in [0.1, 0.15) is 18.4 Å². The summed E-state index contributed by atoms with van der Waals surface area (Å²) in [7, 11) is 1.60. The molecule has 0 aromatic heterocycles. The molecule has 0 saturated carbocycles. The van der Waals surface area contributed by atoms with Crippen LogP contribution in [-0.4, -0.2) is 71.6 Å². The number of benzene rings is 1. The summed E-state index contributed by atoms with van der Waals surface area (Å²) < 4.78 is 10.7. The SMILES string of the molecule is COc1ccc(CN2C(=O)CO[C@H]3CN(C(=O)CCC(=O)O)C[C@H]32)cc1. The van der Waals surface area contributed by atoms with Crippen molar-refractivity contribution in [1.29, 1.82) is 0 Å². The smallest absolute Gasteiger partial charge is 0.303 e. The Kier molecular flexibility index (Phi) is 5.41. The fraction of sp³-hybridized carbons (Fsp3) is 0.500. The van der Waals surface area contributed by atoms with E-state index in [9.17, 15) is 14.4 Å². The molecule has 0 unspecified atom stereocenters. The quantitative estimate of drug-likeness (QED) is 0.792. The highest BCUT2D eigenvalue weighted by Crippen LogP contribution is 2.26. The number of carbonyl (C=O) groups is 3. The average molecular weight is 362 g/mol. The Morgan fingerprint density at radius 1 is 1.23 bits per heavy atom. The summed E-state index contributed by atoms with van der Waals surface area (Å²) in [5, 5.41) is 8.73. The van der Waals surface area contributed by atoms with E-state index < -0.39 is 5.97 Å². The molecule has 140 valence electrons. The fourth-order valence-electron chi connectivity index (χ4n) is 3.37. The van der Waals surface area contributed by atoms with Gasteiger partial charge in [0.05, 0.1) is 25.7 Å². The Hall–Kier alpha value is -2.61. The van der Waals surface area contributed by atoms with E-state index in [0.29, 0.717) is 19.6 Å². The molecule has 1 aromatic rings. The third-order valence-electron chi connectivity index (χ3n) is 4.80. The lowest BCUT2D eigenvalue weighted by molar-refractivity contribution is -0.153. The molecule has 1 N–H and O–H groups in total. The van der Waals surface area contributed by atoms with Crippen LogP contribution in [0.4, 0.5) is 0 Å². The van der Waals surface area contributed by atoms with Gasteiger partial charge in [-0.15, -0.1) is 0 Å². The molecule has 0 aliphatic carbocycles. The topological polar surface area (TPSA) is 96.4 Å². The van der Waals surface area contributed by atoms with Crippen LogP contribution in [0.2, 0.25) is 0 Å². The second kappa shape index (κ2) is 7.74. The van der Waals surface area contributed by atoms with Gasteiger partial charge >= 0.3 is 5.97 Å². The van der Waals surface area contributed by atoms with E-state index in [1.54, 1.807) is 16.9 Å². The number of methoxy groups -OCH3 is 1. The number of nitrogens with zero attached hydrogens (tertiary/aromatic N) is 2. The average Bonchev–Trinajstić information content (AvgIpc) is 3.07. The standard InChI is InChI=1S/C18H22N2O6/c1-25-13-4-2-12(3-5-13)8-20-14-9-19(16(21)6-7-18(23)24)10-15(14)26-11-17(20)22/h2-5,14-15H,6-11H2,1H3,(H,23,24)/t14-,15+/m1/s1. The van der Waals surface area contributed by atoms with Crippen molar-refractivity contribution < 1.29 is 29.0 Å². The molecule has 2 amide bonds. The van der Waals surface area contributed by atoms with Crippen molar-refractivity contribution >= 4 is 17.8 Å². The van der Waals surface area contributed by atoms with Crippen molar-refractivity contribution in [3.63, 3.8) is 0 Å². The maximum Gasteiger partial charge on any atom is 0.303 e. The molecular formula is C18H22N2O6. The molecule has 1 aromatic carbocycles. The van der Waals surface area contributed by atoms with Crippen LogP contribution < -0.4 is 4.74 Å². The van der Waals surface area contributed by atoms with E-state index in [4.69, 9.17) is 14.6 Å². The van der Waals surface area contributed by atoms with E-state index in [1.165, 1.54) is 0 Å². The van der Waals surface area contributed by atoms with Gasteiger partial charge in [0, 0.05) is 26.1 Å². The molecule has 8 nitrogen and oxygen atoms in total. The number of hydrogen-bond acceptors (Lipinski definition) is 5. The number of likely N-dealkylation sites (tertiary alicyclic amines) is 1. The van der Waals surface area contributed by atoms with E-state index in [2.05, 4.69) is 0 Å². The van der Waals surface area contributed by atoms with Gasteiger partial charge in [-0.3, -0.25) is 14.4 Å². The first-order valence-electron chi connectivity index (χ1n) is 8.51. The van der Waals surface area contributed by atoms with Gasteiger partial charge in [0.25, 0.3) is 0 Å².